The maximum Gasteiger partial charge on any atom is 0.432 e. The molecule has 0 aromatic heterocycles. The van der Waals surface area contributed by atoms with Crippen molar-refractivity contribution in [2.24, 2.45) is 5.92 Å². The van der Waals surface area contributed by atoms with Crippen LogP contribution in [0.25, 0.3) is 11.1 Å². The Morgan fingerprint density at radius 2 is 1.32 bits per heavy atom. The molecule has 0 unspecified atom stereocenters. The minimum Gasteiger partial charge on any atom is -0.429 e. The molecule has 0 atom stereocenters. The van der Waals surface area contributed by atoms with Crippen LogP contribution in [0.4, 0.5) is 30.7 Å². The minimum absolute atomic E-state index is 0.0281. The van der Waals surface area contributed by atoms with Gasteiger partial charge < -0.3 is 9.47 Å². The predicted octanol–water partition coefficient (Wildman–Crippen LogP) is 8.49. The van der Waals surface area contributed by atoms with Crippen molar-refractivity contribution in [1.29, 1.82) is 0 Å². The molecule has 37 heavy (non-hydrogen) atoms. The Morgan fingerprint density at radius 1 is 0.757 bits per heavy atom. The summed E-state index contributed by atoms with van der Waals surface area (Å²) < 4.78 is 108. The van der Waals surface area contributed by atoms with Gasteiger partial charge in [-0.1, -0.05) is 24.3 Å². The highest BCUT2D eigenvalue weighted by Crippen LogP contribution is 2.39. The highest BCUT2D eigenvalue weighted by atomic mass is 19.3. The van der Waals surface area contributed by atoms with E-state index >= 15 is 0 Å². The van der Waals surface area contributed by atoms with Crippen LogP contribution in [0.2, 0.25) is 0 Å². The molecule has 2 nitrogen and oxygen atoms in total. The van der Waals surface area contributed by atoms with E-state index in [2.05, 4.69) is 4.74 Å². The fourth-order valence-corrected chi connectivity index (χ4v) is 4.70. The molecule has 0 amide bonds. The maximum absolute atomic E-state index is 14.7. The molecule has 1 aliphatic carbocycles. The van der Waals surface area contributed by atoms with Crippen LogP contribution in [0, 0.1) is 35.0 Å². The summed E-state index contributed by atoms with van der Waals surface area (Å²) in [6.45, 7) is 3.43. The van der Waals surface area contributed by atoms with Crippen LogP contribution in [0.5, 0.6) is 5.75 Å². The van der Waals surface area contributed by atoms with Gasteiger partial charge in [-0.05, 0) is 73.3 Å². The first-order valence-corrected chi connectivity index (χ1v) is 12.0. The molecule has 4 rings (SSSR count). The molecule has 0 saturated heterocycles. The normalized spacial score (nSPS) is 18.2. The average molecular weight is 526 g/mol. The van der Waals surface area contributed by atoms with Crippen molar-refractivity contribution in [3.63, 3.8) is 0 Å². The highest BCUT2D eigenvalue weighted by Gasteiger charge is 2.41. The van der Waals surface area contributed by atoms with Crippen molar-refractivity contribution < 1.29 is 40.2 Å². The van der Waals surface area contributed by atoms with E-state index in [9.17, 15) is 30.7 Å². The van der Waals surface area contributed by atoms with Crippen LogP contribution in [0.3, 0.4) is 0 Å². The molecule has 1 saturated carbocycles. The Kier molecular flexibility index (Phi) is 8.11. The van der Waals surface area contributed by atoms with E-state index in [4.69, 9.17) is 4.74 Å². The molecule has 3 aromatic rings. The van der Waals surface area contributed by atoms with Crippen molar-refractivity contribution in [2.75, 3.05) is 13.2 Å². The highest BCUT2D eigenvalue weighted by molar-refractivity contribution is 5.64. The fourth-order valence-electron chi connectivity index (χ4n) is 4.70. The lowest BCUT2D eigenvalue weighted by atomic mass is 9.79. The van der Waals surface area contributed by atoms with Crippen molar-refractivity contribution >= 4 is 0 Å². The lowest BCUT2D eigenvalue weighted by Crippen LogP contribution is -2.25. The second-order valence-corrected chi connectivity index (χ2v) is 9.13. The van der Waals surface area contributed by atoms with Crippen molar-refractivity contribution in [2.45, 2.75) is 44.6 Å². The standard InChI is InChI=1S/C28H25F7O2/c1-2-36-15-16-3-5-17(6-4-16)18-7-9-19(10-8-18)20-11-22(29)26(23(30)12-20)28(34,35)37-21-13-24(31)27(33)25(32)14-21/h7-14,16-17H,2-6,15H2,1H3. The van der Waals surface area contributed by atoms with E-state index in [0.29, 0.717) is 24.0 Å². The molecular weight excluding hydrogens is 501 g/mol. The smallest absolute Gasteiger partial charge is 0.429 e. The molecule has 0 heterocycles. The van der Waals surface area contributed by atoms with Gasteiger partial charge in [0.25, 0.3) is 0 Å². The van der Waals surface area contributed by atoms with Crippen molar-refractivity contribution in [1.82, 2.24) is 0 Å². The summed E-state index contributed by atoms with van der Waals surface area (Å²) in [5.41, 5.74) is -0.192. The summed E-state index contributed by atoms with van der Waals surface area (Å²) in [5, 5.41) is 0. The number of halogens is 7. The molecule has 1 fully saturated rings. The number of hydrogen-bond donors (Lipinski definition) is 0. The van der Waals surface area contributed by atoms with Gasteiger partial charge in [-0.15, -0.1) is 0 Å². The lowest BCUT2D eigenvalue weighted by molar-refractivity contribution is -0.189. The van der Waals surface area contributed by atoms with E-state index in [-0.39, 0.29) is 17.7 Å². The van der Waals surface area contributed by atoms with E-state index < -0.39 is 46.5 Å². The van der Waals surface area contributed by atoms with Gasteiger partial charge in [0, 0.05) is 25.3 Å². The van der Waals surface area contributed by atoms with E-state index in [1.807, 2.05) is 19.1 Å². The average Bonchev–Trinajstić information content (AvgIpc) is 2.85. The van der Waals surface area contributed by atoms with Gasteiger partial charge in [0.15, 0.2) is 17.5 Å². The van der Waals surface area contributed by atoms with Crippen LogP contribution in [0.1, 0.15) is 49.7 Å². The molecular formula is C28H25F7O2. The molecule has 1 aliphatic rings. The quantitative estimate of drug-likeness (QED) is 0.217. The lowest BCUT2D eigenvalue weighted by Gasteiger charge is -2.28. The van der Waals surface area contributed by atoms with Gasteiger partial charge in [0.1, 0.15) is 22.9 Å². The third-order valence-corrected chi connectivity index (χ3v) is 6.66. The second-order valence-electron chi connectivity index (χ2n) is 9.13. The summed E-state index contributed by atoms with van der Waals surface area (Å²) >= 11 is 0. The number of ether oxygens (including phenoxy) is 2. The van der Waals surface area contributed by atoms with Gasteiger partial charge in [-0.25, -0.2) is 22.0 Å². The summed E-state index contributed by atoms with van der Waals surface area (Å²) in [4.78, 5) is 0. The zero-order valence-corrected chi connectivity index (χ0v) is 20.0. The molecule has 0 N–H and O–H groups in total. The Balaban J connectivity index is 1.50. The monoisotopic (exact) mass is 526 g/mol. The number of benzene rings is 3. The first kappa shape index (κ1) is 27.0. The zero-order chi connectivity index (χ0) is 26.7. The Morgan fingerprint density at radius 3 is 1.86 bits per heavy atom. The van der Waals surface area contributed by atoms with Crippen molar-refractivity contribution in [3.05, 3.63) is 88.7 Å². The predicted molar refractivity (Wildman–Crippen MR) is 124 cm³/mol. The van der Waals surface area contributed by atoms with Gasteiger partial charge in [-0.3, -0.25) is 0 Å². The summed E-state index contributed by atoms with van der Waals surface area (Å²) in [6, 6.07) is 8.85. The number of rotatable bonds is 8. The molecule has 0 aliphatic heterocycles. The second kappa shape index (κ2) is 11.1. The molecule has 0 bridgehead atoms. The Hall–Kier alpha value is -3.07. The Labute approximate surface area is 210 Å². The largest absolute Gasteiger partial charge is 0.432 e. The molecule has 3 aromatic carbocycles. The minimum atomic E-state index is -4.63. The summed E-state index contributed by atoms with van der Waals surface area (Å²) in [5.74, 6) is -8.92. The van der Waals surface area contributed by atoms with E-state index in [1.165, 1.54) is 0 Å². The first-order valence-electron chi connectivity index (χ1n) is 12.0. The van der Waals surface area contributed by atoms with Crippen LogP contribution < -0.4 is 4.74 Å². The molecule has 9 heteroatoms. The molecule has 198 valence electrons. The summed E-state index contributed by atoms with van der Waals surface area (Å²) in [6.07, 6.45) is -0.512. The maximum atomic E-state index is 14.7. The van der Waals surface area contributed by atoms with Crippen molar-refractivity contribution in [3.8, 4) is 16.9 Å². The first-order chi connectivity index (χ1) is 17.6. The van der Waals surface area contributed by atoms with Gasteiger partial charge in [0.2, 0.25) is 0 Å². The topological polar surface area (TPSA) is 18.5 Å². The van der Waals surface area contributed by atoms with Crippen LogP contribution in [-0.2, 0) is 10.8 Å². The zero-order valence-electron chi connectivity index (χ0n) is 20.0. The van der Waals surface area contributed by atoms with Gasteiger partial charge in [0.05, 0.1) is 0 Å². The summed E-state index contributed by atoms with van der Waals surface area (Å²) in [7, 11) is 0. The van der Waals surface area contributed by atoms with Gasteiger partial charge >= 0.3 is 6.11 Å². The number of alkyl halides is 2. The van der Waals surface area contributed by atoms with Crippen LogP contribution in [0.15, 0.2) is 48.5 Å². The number of hydrogen-bond acceptors (Lipinski definition) is 2. The fraction of sp³-hybridized carbons (Fsp3) is 0.357. The third-order valence-electron chi connectivity index (χ3n) is 6.66. The van der Waals surface area contributed by atoms with E-state index in [0.717, 1.165) is 50.0 Å². The van der Waals surface area contributed by atoms with Gasteiger partial charge in [-0.2, -0.15) is 8.78 Å². The molecule has 0 radical (unpaired) electrons. The SMILES string of the molecule is CCOCC1CCC(c2ccc(-c3cc(F)c(C(F)(F)Oc4cc(F)c(F)c(F)c4)c(F)c3)cc2)CC1. The Bertz CT molecular complexity index is 1190. The van der Waals surface area contributed by atoms with E-state index in [1.54, 1.807) is 12.1 Å². The van der Waals surface area contributed by atoms with Crippen LogP contribution >= 0.6 is 0 Å². The van der Waals surface area contributed by atoms with Crippen LogP contribution in [-0.4, -0.2) is 13.2 Å². The third kappa shape index (κ3) is 6.09. The molecule has 0 spiro atoms.